The summed E-state index contributed by atoms with van der Waals surface area (Å²) in [4.78, 5) is 1.92. The maximum absolute atomic E-state index is 9.06. The number of hydrogen-bond donors (Lipinski definition) is 2. The van der Waals surface area contributed by atoms with Crippen LogP contribution in [0.2, 0.25) is 0 Å². The van der Waals surface area contributed by atoms with Gasteiger partial charge in [-0.25, -0.2) is 0 Å². The lowest BCUT2D eigenvalue weighted by Crippen LogP contribution is -2.46. The van der Waals surface area contributed by atoms with Crippen LogP contribution in [0.3, 0.4) is 0 Å². The van der Waals surface area contributed by atoms with Gasteiger partial charge in [0.2, 0.25) is 0 Å². The molecule has 1 aliphatic heterocycles. The average molecular weight is 168 g/mol. The number of likely N-dealkylation sites (tertiary alicyclic amines) is 1. The van der Waals surface area contributed by atoms with Crippen LogP contribution in [0.25, 0.3) is 0 Å². The number of nitrogens with zero attached hydrogens (tertiary/aromatic N) is 1. The largest absolute Gasteiger partial charge is 0.365 e. The summed E-state index contributed by atoms with van der Waals surface area (Å²) in [7, 11) is 1.89. The maximum Gasteiger partial charge on any atom is 0.175 e. The first-order chi connectivity index (χ1) is 4.10. The molecule has 10 heavy (non-hydrogen) atoms. The quantitative estimate of drug-likeness (QED) is 0.492. The Labute approximate surface area is 67.1 Å². The normalized spacial score (nSPS) is 25.5. The lowest BCUT2D eigenvalue weighted by atomic mass is 10.1. The first kappa shape index (κ1) is 10.2. The third-order valence-corrected chi connectivity index (χ3v) is 1.64. The summed E-state index contributed by atoms with van der Waals surface area (Å²) in [6, 6.07) is 0. The number of hydrogen-bond acceptors (Lipinski definition) is 3. The van der Waals surface area contributed by atoms with Crippen molar-refractivity contribution in [3.8, 4) is 0 Å². The Morgan fingerprint density at radius 2 is 2.00 bits per heavy atom. The van der Waals surface area contributed by atoms with Gasteiger partial charge in [-0.05, 0) is 20.0 Å². The van der Waals surface area contributed by atoms with E-state index in [0.717, 1.165) is 13.0 Å². The number of piperidine rings is 1. The first-order valence-corrected chi connectivity index (χ1v) is 3.23. The molecule has 0 amide bonds. The molecule has 1 saturated heterocycles. The van der Waals surface area contributed by atoms with Crippen molar-refractivity contribution in [3.63, 3.8) is 0 Å². The lowest BCUT2D eigenvalue weighted by molar-refractivity contribution is -0.189. The van der Waals surface area contributed by atoms with E-state index in [1.807, 2.05) is 11.9 Å². The zero-order valence-electron chi connectivity index (χ0n) is 6.08. The number of halogens is 1. The molecule has 0 spiro atoms. The fraction of sp³-hybridized carbons (Fsp3) is 1.00. The van der Waals surface area contributed by atoms with E-state index in [1.54, 1.807) is 0 Å². The molecule has 0 aromatic heterocycles. The molecule has 3 nitrogen and oxygen atoms in total. The predicted molar refractivity (Wildman–Crippen MR) is 41.1 cm³/mol. The molecule has 0 aliphatic carbocycles. The Hall–Kier alpha value is 0.170. The van der Waals surface area contributed by atoms with Gasteiger partial charge in [0.1, 0.15) is 0 Å². The van der Waals surface area contributed by atoms with Crippen molar-refractivity contribution in [2.45, 2.75) is 18.6 Å². The first-order valence-electron chi connectivity index (χ1n) is 3.23. The van der Waals surface area contributed by atoms with E-state index in [4.69, 9.17) is 10.2 Å². The summed E-state index contributed by atoms with van der Waals surface area (Å²) < 4.78 is 0. The van der Waals surface area contributed by atoms with Crippen LogP contribution in [0.1, 0.15) is 12.8 Å². The molecule has 1 fully saturated rings. The number of β-amino-alcohol motifs (C(OH)–C–C–N with tert-alkyl or cyclic N) is 2. The molecule has 0 bridgehead atoms. The van der Waals surface area contributed by atoms with Gasteiger partial charge in [0, 0.05) is 6.42 Å². The molecule has 1 rings (SSSR count). The molecule has 0 atom stereocenters. The fourth-order valence-electron chi connectivity index (χ4n) is 1.22. The third kappa shape index (κ3) is 2.84. The van der Waals surface area contributed by atoms with E-state index >= 15 is 0 Å². The Morgan fingerprint density at radius 3 is 2.30 bits per heavy atom. The van der Waals surface area contributed by atoms with Crippen LogP contribution >= 0.6 is 12.4 Å². The summed E-state index contributed by atoms with van der Waals surface area (Å²) >= 11 is 0. The maximum atomic E-state index is 9.06. The molecular formula is C6H14ClNO2. The molecule has 0 radical (unpaired) electrons. The molecule has 1 heterocycles. The van der Waals surface area contributed by atoms with Gasteiger partial charge in [-0.1, -0.05) is 0 Å². The van der Waals surface area contributed by atoms with Crippen molar-refractivity contribution in [3.05, 3.63) is 0 Å². The third-order valence-electron chi connectivity index (χ3n) is 1.64. The van der Waals surface area contributed by atoms with Crippen LogP contribution in [-0.4, -0.2) is 41.0 Å². The highest BCUT2D eigenvalue weighted by Gasteiger charge is 2.28. The second kappa shape index (κ2) is 3.53. The highest BCUT2D eigenvalue weighted by molar-refractivity contribution is 5.85. The minimum absolute atomic E-state index is 0. The van der Waals surface area contributed by atoms with Gasteiger partial charge in [-0.2, -0.15) is 0 Å². The molecule has 0 aromatic carbocycles. The molecule has 4 heteroatoms. The van der Waals surface area contributed by atoms with E-state index in [-0.39, 0.29) is 12.4 Å². The fourth-order valence-corrected chi connectivity index (χ4v) is 1.22. The number of aliphatic hydroxyl groups is 2. The summed E-state index contributed by atoms with van der Waals surface area (Å²) in [6.07, 6.45) is 1.39. The van der Waals surface area contributed by atoms with Gasteiger partial charge in [-0.3, -0.25) is 0 Å². The second-order valence-corrected chi connectivity index (χ2v) is 2.82. The van der Waals surface area contributed by atoms with Gasteiger partial charge in [0.15, 0.2) is 5.79 Å². The SMILES string of the molecule is CN1CCCC(O)(O)C1.Cl. The summed E-state index contributed by atoms with van der Waals surface area (Å²) in [5.41, 5.74) is 0. The van der Waals surface area contributed by atoms with Crippen molar-refractivity contribution >= 4 is 12.4 Å². The summed E-state index contributed by atoms with van der Waals surface area (Å²) in [5.74, 6) is -1.42. The molecule has 0 aromatic rings. The monoisotopic (exact) mass is 167 g/mol. The van der Waals surface area contributed by atoms with Crippen molar-refractivity contribution in [1.29, 1.82) is 0 Å². The smallest absolute Gasteiger partial charge is 0.175 e. The number of rotatable bonds is 0. The van der Waals surface area contributed by atoms with Crippen molar-refractivity contribution < 1.29 is 10.2 Å². The Balaban J connectivity index is 0.000000810. The van der Waals surface area contributed by atoms with Gasteiger partial charge in [-0.15, -0.1) is 12.4 Å². The van der Waals surface area contributed by atoms with Gasteiger partial charge in [0.05, 0.1) is 6.54 Å². The van der Waals surface area contributed by atoms with E-state index in [1.165, 1.54) is 0 Å². The Bertz CT molecular complexity index is 108. The van der Waals surface area contributed by atoms with Gasteiger partial charge < -0.3 is 15.1 Å². The second-order valence-electron chi connectivity index (χ2n) is 2.82. The topological polar surface area (TPSA) is 43.7 Å². The van der Waals surface area contributed by atoms with Crippen LogP contribution in [0, 0.1) is 0 Å². The zero-order chi connectivity index (χ0) is 6.91. The van der Waals surface area contributed by atoms with Gasteiger partial charge >= 0.3 is 0 Å². The molecular weight excluding hydrogens is 154 g/mol. The summed E-state index contributed by atoms with van der Waals surface area (Å²) in [6.45, 7) is 1.36. The van der Waals surface area contributed by atoms with E-state index in [0.29, 0.717) is 13.0 Å². The predicted octanol–water partition coefficient (Wildman–Crippen LogP) is -0.185. The van der Waals surface area contributed by atoms with E-state index < -0.39 is 5.79 Å². The summed E-state index contributed by atoms with van der Waals surface area (Å²) in [5, 5.41) is 18.1. The average Bonchev–Trinajstić information content (AvgIpc) is 1.60. The molecule has 62 valence electrons. The highest BCUT2D eigenvalue weighted by Crippen LogP contribution is 2.15. The lowest BCUT2D eigenvalue weighted by Gasteiger charge is -2.32. The molecule has 2 N–H and O–H groups in total. The van der Waals surface area contributed by atoms with Crippen molar-refractivity contribution in [2.75, 3.05) is 20.1 Å². The van der Waals surface area contributed by atoms with Crippen LogP contribution in [-0.2, 0) is 0 Å². The van der Waals surface area contributed by atoms with Crippen LogP contribution < -0.4 is 0 Å². The molecule has 1 aliphatic rings. The molecule has 0 unspecified atom stereocenters. The highest BCUT2D eigenvalue weighted by atomic mass is 35.5. The van der Waals surface area contributed by atoms with E-state index in [9.17, 15) is 0 Å². The van der Waals surface area contributed by atoms with Crippen molar-refractivity contribution in [2.24, 2.45) is 0 Å². The minimum Gasteiger partial charge on any atom is -0.365 e. The number of likely N-dealkylation sites (N-methyl/N-ethyl adjacent to an activating group) is 1. The minimum atomic E-state index is -1.42. The van der Waals surface area contributed by atoms with Crippen LogP contribution in [0.4, 0.5) is 0 Å². The van der Waals surface area contributed by atoms with Crippen molar-refractivity contribution in [1.82, 2.24) is 4.90 Å². The van der Waals surface area contributed by atoms with Crippen LogP contribution in [0.15, 0.2) is 0 Å². The van der Waals surface area contributed by atoms with E-state index in [2.05, 4.69) is 0 Å². The van der Waals surface area contributed by atoms with Gasteiger partial charge in [0.25, 0.3) is 0 Å². The Kier molecular flexibility index (Phi) is 3.59. The Morgan fingerprint density at radius 1 is 1.40 bits per heavy atom. The standard InChI is InChI=1S/C6H13NO2.ClH/c1-7-4-2-3-6(8,9)5-7;/h8-9H,2-5H2,1H3;1H. The zero-order valence-corrected chi connectivity index (χ0v) is 6.89. The molecule has 0 saturated carbocycles. The van der Waals surface area contributed by atoms with Crippen LogP contribution in [0.5, 0.6) is 0 Å².